The quantitative estimate of drug-likeness (QED) is 0.797. The molecular formula is C14H15N3O3. The molecule has 6 nitrogen and oxygen atoms in total. The van der Waals surface area contributed by atoms with Crippen molar-refractivity contribution in [3.63, 3.8) is 0 Å². The van der Waals surface area contributed by atoms with E-state index >= 15 is 0 Å². The van der Waals surface area contributed by atoms with Crippen LogP contribution >= 0.6 is 0 Å². The number of carboxylic acid groups (broad SMARTS) is 1. The number of hydrogen-bond acceptors (Lipinski definition) is 3. The van der Waals surface area contributed by atoms with Gasteiger partial charge in [0.05, 0.1) is 23.3 Å². The molecule has 0 unspecified atom stereocenters. The van der Waals surface area contributed by atoms with Crippen LogP contribution in [-0.2, 0) is 9.59 Å². The lowest BCUT2D eigenvalue weighted by Gasteiger charge is -2.11. The second-order valence-corrected chi connectivity index (χ2v) is 5.17. The van der Waals surface area contributed by atoms with Gasteiger partial charge in [0.15, 0.2) is 0 Å². The normalized spacial score (nSPS) is 22.0. The number of fused-ring (bicyclic) bond motifs is 1. The molecular weight excluding hydrogens is 258 g/mol. The minimum absolute atomic E-state index is 0.115. The standard InChI is InChI=1S/C14H15N3O3/c18-13(8-4-5-9(6-8)14(19)20)16-11-3-1-2-10-7-15-17-12(10)11/h1-3,7-9H,4-6H2,(H,15,17)(H,16,18)(H,19,20)/t8-,9+/m1/s1. The maximum Gasteiger partial charge on any atom is 0.306 e. The maximum absolute atomic E-state index is 12.2. The molecule has 0 saturated heterocycles. The average Bonchev–Trinajstić information content (AvgIpc) is 3.08. The van der Waals surface area contributed by atoms with Crippen molar-refractivity contribution in [2.75, 3.05) is 5.32 Å². The van der Waals surface area contributed by atoms with E-state index in [2.05, 4.69) is 15.5 Å². The first-order chi connectivity index (χ1) is 9.65. The molecule has 1 aromatic carbocycles. The molecule has 0 bridgehead atoms. The van der Waals surface area contributed by atoms with Crippen molar-refractivity contribution in [2.45, 2.75) is 19.3 Å². The Hall–Kier alpha value is -2.37. The summed E-state index contributed by atoms with van der Waals surface area (Å²) in [6, 6.07) is 5.56. The van der Waals surface area contributed by atoms with Crippen LogP contribution in [-0.4, -0.2) is 27.2 Å². The Morgan fingerprint density at radius 1 is 1.30 bits per heavy atom. The van der Waals surface area contributed by atoms with E-state index in [0.29, 0.717) is 24.9 Å². The molecule has 0 spiro atoms. The molecule has 1 amide bonds. The molecule has 0 radical (unpaired) electrons. The highest BCUT2D eigenvalue weighted by Crippen LogP contribution is 2.32. The number of aliphatic carboxylic acids is 1. The molecule has 3 N–H and O–H groups in total. The van der Waals surface area contributed by atoms with Crippen LogP contribution in [0.4, 0.5) is 5.69 Å². The second-order valence-electron chi connectivity index (χ2n) is 5.17. The zero-order valence-corrected chi connectivity index (χ0v) is 10.8. The van der Waals surface area contributed by atoms with E-state index < -0.39 is 11.9 Å². The van der Waals surface area contributed by atoms with Gasteiger partial charge < -0.3 is 10.4 Å². The van der Waals surface area contributed by atoms with Gasteiger partial charge in [-0.3, -0.25) is 14.7 Å². The first-order valence-corrected chi connectivity index (χ1v) is 6.61. The van der Waals surface area contributed by atoms with Gasteiger partial charge in [0.1, 0.15) is 0 Å². The fraction of sp³-hybridized carbons (Fsp3) is 0.357. The first-order valence-electron chi connectivity index (χ1n) is 6.61. The highest BCUT2D eigenvalue weighted by atomic mass is 16.4. The molecule has 1 aliphatic carbocycles. The third-order valence-corrected chi connectivity index (χ3v) is 3.89. The van der Waals surface area contributed by atoms with E-state index in [1.807, 2.05) is 18.2 Å². The molecule has 3 rings (SSSR count). The zero-order valence-electron chi connectivity index (χ0n) is 10.8. The number of benzene rings is 1. The Balaban J connectivity index is 1.73. The van der Waals surface area contributed by atoms with Crippen molar-refractivity contribution in [1.82, 2.24) is 10.2 Å². The van der Waals surface area contributed by atoms with Crippen molar-refractivity contribution in [2.24, 2.45) is 11.8 Å². The van der Waals surface area contributed by atoms with Crippen LogP contribution < -0.4 is 5.32 Å². The lowest BCUT2D eigenvalue weighted by Crippen LogP contribution is -2.21. The molecule has 2 aromatic rings. The van der Waals surface area contributed by atoms with Crippen molar-refractivity contribution in [1.29, 1.82) is 0 Å². The molecule has 20 heavy (non-hydrogen) atoms. The van der Waals surface area contributed by atoms with Gasteiger partial charge in [0.25, 0.3) is 0 Å². The molecule has 6 heteroatoms. The molecule has 1 aliphatic rings. The van der Waals surface area contributed by atoms with E-state index in [1.165, 1.54) is 0 Å². The van der Waals surface area contributed by atoms with Crippen molar-refractivity contribution in [3.05, 3.63) is 24.4 Å². The highest BCUT2D eigenvalue weighted by molar-refractivity contribution is 6.01. The Morgan fingerprint density at radius 2 is 2.10 bits per heavy atom. The number of carboxylic acids is 1. The molecule has 1 saturated carbocycles. The van der Waals surface area contributed by atoms with Crippen molar-refractivity contribution < 1.29 is 14.7 Å². The Bertz CT molecular complexity index is 664. The second kappa shape index (κ2) is 4.96. The van der Waals surface area contributed by atoms with E-state index in [4.69, 9.17) is 5.11 Å². The van der Waals surface area contributed by atoms with Gasteiger partial charge in [-0.2, -0.15) is 5.10 Å². The summed E-state index contributed by atoms with van der Waals surface area (Å²) in [6.07, 6.45) is 3.31. The lowest BCUT2D eigenvalue weighted by atomic mass is 10.0. The number of aromatic nitrogens is 2. The van der Waals surface area contributed by atoms with Gasteiger partial charge in [-0.05, 0) is 25.3 Å². The van der Waals surface area contributed by atoms with Gasteiger partial charge in [-0.25, -0.2) is 0 Å². The number of H-pyrrole nitrogens is 1. The highest BCUT2D eigenvalue weighted by Gasteiger charge is 2.33. The Kier molecular flexibility index (Phi) is 3.14. The third-order valence-electron chi connectivity index (χ3n) is 3.89. The van der Waals surface area contributed by atoms with E-state index in [0.717, 1.165) is 10.9 Å². The van der Waals surface area contributed by atoms with E-state index in [-0.39, 0.29) is 11.8 Å². The van der Waals surface area contributed by atoms with E-state index in [9.17, 15) is 9.59 Å². The van der Waals surface area contributed by atoms with Crippen LogP contribution in [0.1, 0.15) is 19.3 Å². The number of carbonyl (C=O) groups is 2. The fourth-order valence-electron chi connectivity index (χ4n) is 2.75. The van der Waals surface area contributed by atoms with Gasteiger partial charge in [-0.1, -0.05) is 12.1 Å². The van der Waals surface area contributed by atoms with Crippen LogP contribution in [0.2, 0.25) is 0 Å². The lowest BCUT2D eigenvalue weighted by molar-refractivity contribution is -0.141. The zero-order chi connectivity index (χ0) is 14.1. The minimum atomic E-state index is -0.809. The maximum atomic E-state index is 12.2. The summed E-state index contributed by atoms with van der Waals surface area (Å²) >= 11 is 0. The van der Waals surface area contributed by atoms with E-state index in [1.54, 1.807) is 6.20 Å². The summed E-state index contributed by atoms with van der Waals surface area (Å²) in [5, 5.41) is 19.6. The Morgan fingerprint density at radius 3 is 2.85 bits per heavy atom. The van der Waals surface area contributed by atoms with Crippen molar-refractivity contribution >= 4 is 28.5 Å². The number of anilines is 1. The van der Waals surface area contributed by atoms with Crippen molar-refractivity contribution in [3.8, 4) is 0 Å². The number of nitrogens with zero attached hydrogens (tertiary/aromatic N) is 1. The molecule has 2 atom stereocenters. The van der Waals surface area contributed by atoms with Crippen LogP contribution in [0.15, 0.2) is 24.4 Å². The van der Waals surface area contributed by atoms with Gasteiger partial charge in [-0.15, -0.1) is 0 Å². The van der Waals surface area contributed by atoms with Gasteiger partial charge in [0.2, 0.25) is 5.91 Å². The average molecular weight is 273 g/mol. The SMILES string of the molecule is O=C(O)[C@H]1CC[C@@H](C(=O)Nc2cccc3cn[nH]c23)C1. The molecule has 1 aromatic heterocycles. The summed E-state index contributed by atoms with van der Waals surface area (Å²) < 4.78 is 0. The minimum Gasteiger partial charge on any atom is -0.481 e. The summed E-state index contributed by atoms with van der Waals surface area (Å²) in [5.74, 6) is -1.55. The van der Waals surface area contributed by atoms with Crippen LogP contribution in [0, 0.1) is 11.8 Å². The number of hydrogen-bond donors (Lipinski definition) is 3. The number of amides is 1. The Labute approximate surface area is 115 Å². The smallest absolute Gasteiger partial charge is 0.306 e. The summed E-state index contributed by atoms with van der Waals surface area (Å²) in [6.45, 7) is 0. The number of aromatic amines is 1. The third kappa shape index (κ3) is 2.24. The monoisotopic (exact) mass is 273 g/mol. The summed E-state index contributed by atoms with van der Waals surface area (Å²) in [4.78, 5) is 23.1. The number of nitrogens with one attached hydrogen (secondary N) is 2. The van der Waals surface area contributed by atoms with Crippen LogP contribution in [0.25, 0.3) is 10.9 Å². The summed E-state index contributed by atoms with van der Waals surface area (Å²) in [5.41, 5.74) is 1.47. The predicted molar refractivity (Wildman–Crippen MR) is 73.2 cm³/mol. The van der Waals surface area contributed by atoms with Crippen LogP contribution in [0.5, 0.6) is 0 Å². The van der Waals surface area contributed by atoms with Crippen LogP contribution in [0.3, 0.4) is 0 Å². The molecule has 1 fully saturated rings. The fourth-order valence-corrected chi connectivity index (χ4v) is 2.75. The topological polar surface area (TPSA) is 95.1 Å². The summed E-state index contributed by atoms with van der Waals surface area (Å²) in [7, 11) is 0. The largest absolute Gasteiger partial charge is 0.481 e. The number of rotatable bonds is 3. The molecule has 0 aliphatic heterocycles. The number of carbonyl (C=O) groups excluding carboxylic acids is 1. The van der Waals surface area contributed by atoms with Gasteiger partial charge >= 0.3 is 5.97 Å². The molecule has 1 heterocycles. The van der Waals surface area contributed by atoms with Gasteiger partial charge in [0, 0.05) is 11.3 Å². The first kappa shape index (κ1) is 12.7. The predicted octanol–water partition coefficient (Wildman–Crippen LogP) is 2.00. The number of para-hydroxylation sites is 1. The molecule has 104 valence electrons.